The average molecular weight is 385 g/mol. The van der Waals surface area contributed by atoms with Crippen LogP contribution in [0.2, 0.25) is 0 Å². The van der Waals surface area contributed by atoms with E-state index in [1.165, 1.54) is 22.0 Å². The van der Waals surface area contributed by atoms with Crippen molar-refractivity contribution in [2.45, 2.75) is 31.7 Å². The molecule has 0 amide bonds. The number of hydrogen-bond donors (Lipinski definition) is 1. The van der Waals surface area contributed by atoms with Gasteiger partial charge in [-0.25, -0.2) is 0 Å². The zero-order chi connectivity index (χ0) is 13.1. The van der Waals surface area contributed by atoms with E-state index in [1.807, 2.05) is 0 Å². The van der Waals surface area contributed by atoms with Crippen molar-refractivity contribution in [3.8, 4) is 10.6 Å². The monoisotopic (exact) mass is 385 g/mol. The maximum Gasteiger partial charge on any atom is 0.147 e. The third kappa shape index (κ3) is 3.97. The Kier molecular flexibility index (Phi) is 4.45. The molecule has 1 saturated carbocycles. The zero-order valence-corrected chi connectivity index (χ0v) is 13.6. The Morgan fingerprint density at radius 1 is 1.32 bits per heavy atom. The molecule has 1 N–H and O–H groups in total. The minimum atomic E-state index is 0.802. The number of rotatable bonds is 6. The van der Waals surface area contributed by atoms with Crippen molar-refractivity contribution in [2.75, 3.05) is 6.54 Å². The summed E-state index contributed by atoms with van der Waals surface area (Å²) in [6, 6.07) is 9.21. The molecule has 0 radical (unpaired) electrons. The first-order chi connectivity index (χ1) is 9.31. The van der Waals surface area contributed by atoms with Crippen LogP contribution in [0, 0.1) is 3.57 Å². The van der Waals surface area contributed by atoms with Crippen LogP contribution in [0.4, 0.5) is 0 Å². The van der Waals surface area contributed by atoms with Crippen LogP contribution in [0.25, 0.3) is 10.6 Å². The molecular weight excluding hydrogens is 369 g/mol. The van der Waals surface area contributed by atoms with Crippen LogP contribution in [0.15, 0.2) is 24.3 Å². The number of aryl methyl sites for hydroxylation is 1. The van der Waals surface area contributed by atoms with Gasteiger partial charge in [-0.1, -0.05) is 23.5 Å². The first-order valence-corrected chi connectivity index (χ1v) is 8.52. The molecule has 0 saturated heterocycles. The Morgan fingerprint density at radius 3 is 3.00 bits per heavy atom. The van der Waals surface area contributed by atoms with Gasteiger partial charge in [-0.2, -0.15) is 0 Å². The van der Waals surface area contributed by atoms with E-state index >= 15 is 0 Å². The van der Waals surface area contributed by atoms with Crippen molar-refractivity contribution >= 4 is 33.9 Å². The molecule has 2 aromatic rings. The molecule has 0 bridgehead atoms. The van der Waals surface area contributed by atoms with E-state index in [2.05, 4.69) is 62.4 Å². The minimum absolute atomic E-state index is 0.802. The molecule has 1 fully saturated rings. The Bertz CT molecular complexity index is 551. The van der Waals surface area contributed by atoms with Gasteiger partial charge in [0.1, 0.15) is 10.0 Å². The fraction of sp³-hybridized carbons (Fsp3) is 0.429. The van der Waals surface area contributed by atoms with E-state index in [0.717, 1.165) is 35.4 Å². The molecule has 19 heavy (non-hydrogen) atoms. The number of benzene rings is 1. The molecule has 0 atom stereocenters. The van der Waals surface area contributed by atoms with Crippen molar-refractivity contribution in [1.29, 1.82) is 0 Å². The Hall–Kier alpha value is -0.530. The van der Waals surface area contributed by atoms with E-state index in [9.17, 15) is 0 Å². The summed E-state index contributed by atoms with van der Waals surface area (Å²) in [6.45, 7) is 1.10. The SMILES string of the molecule is Ic1cccc(-c2nnc(CCCNC3CC3)s2)c1. The van der Waals surface area contributed by atoms with Crippen LogP contribution in [0.3, 0.4) is 0 Å². The average Bonchev–Trinajstić information content (AvgIpc) is 3.11. The van der Waals surface area contributed by atoms with Crippen LogP contribution in [-0.4, -0.2) is 22.8 Å². The van der Waals surface area contributed by atoms with E-state index in [1.54, 1.807) is 11.3 Å². The van der Waals surface area contributed by atoms with Gasteiger partial charge in [0, 0.05) is 21.6 Å². The van der Waals surface area contributed by atoms with Crippen LogP contribution >= 0.6 is 33.9 Å². The van der Waals surface area contributed by atoms with E-state index < -0.39 is 0 Å². The predicted octanol–water partition coefficient (Wildman–Crippen LogP) is 3.49. The van der Waals surface area contributed by atoms with Crippen LogP contribution in [0.1, 0.15) is 24.3 Å². The van der Waals surface area contributed by atoms with Gasteiger partial charge in [-0.05, 0) is 60.5 Å². The van der Waals surface area contributed by atoms with E-state index in [-0.39, 0.29) is 0 Å². The highest BCUT2D eigenvalue weighted by atomic mass is 127. The molecule has 0 unspecified atom stereocenters. The maximum atomic E-state index is 4.30. The largest absolute Gasteiger partial charge is 0.314 e. The van der Waals surface area contributed by atoms with Gasteiger partial charge in [0.2, 0.25) is 0 Å². The summed E-state index contributed by atoms with van der Waals surface area (Å²) in [5.41, 5.74) is 1.17. The van der Waals surface area contributed by atoms with Gasteiger partial charge in [0.05, 0.1) is 0 Å². The second-order valence-electron chi connectivity index (χ2n) is 4.84. The second kappa shape index (κ2) is 6.28. The summed E-state index contributed by atoms with van der Waals surface area (Å²) in [6.07, 6.45) is 4.89. The summed E-state index contributed by atoms with van der Waals surface area (Å²) >= 11 is 4.04. The second-order valence-corrected chi connectivity index (χ2v) is 7.15. The van der Waals surface area contributed by atoms with Crippen molar-refractivity contribution in [3.05, 3.63) is 32.8 Å². The van der Waals surface area contributed by atoms with Gasteiger partial charge in [0.15, 0.2) is 0 Å². The Labute approximate surface area is 131 Å². The molecule has 3 rings (SSSR count). The van der Waals surface area contributed by atoms with Gasteiger partial charge in [-0.15, -0.1) is 10.2 Å². The van der Waals surface area contributed by atoms with Gasteiger partial charge < -0.3 is 5.32 Å². The highest BCUT2D eigenvalue weighted by Gasteiger charge is 2.19. The summed E-state index contributed by atoms with van der Waals surface area (Å²) in [5.74, 6) is 0. The number of halogens is 1. The topological polar surface area (TPSA) is 37.8 Å². The summed E-state index contributed by atoms with van der Waals surface area (Å²) in [7, 11) is 0. The lowest BCUT2D eigenvalue weighted by Gasteiger charge is -1.99. The lowest BCUT2D eigenvalue weighted by molar-refractivity contribution is 0.643. The molecule has 0 spiro atoms. The lowest BCUT2D eigenvalue weighted by Crippen LogP contribution is -2.17. The van der Waals surface area contributed by atoms with Crippen LogP contribution < -0.4 is 5.32 Å². The number of hydrogen-bond acceptors (Lipinski definition) is 4. The molecule has 1 aromatic carbocycles. The minimum Gasteiger partial charge on any atom is -0.314 e. The molecule has 0 aliphatic heterocycles. The fourth-order valence-electron chi connectivity index (χ4n) is 1.93. The molecule has 100 valence electrons. The smallest absolute Gasteiger partial charge is 0.147 e. The first kappa shape index (κ1) is 13.5. The Morgan fingerprint density at radius 2 is 2.21 bits per heavy atom. The molecule has 3 nitrogen and oxygen atoms in total. The molecule has 1 aliphatic rings. The van der Waals surface area contributed by atoms with Gasteiger partial charge >= 0.3 is 0 Å². The van der Waals surface area contributed by atoms with Crippen molar-refractivity contribution in [3.63, 3.8) is 0 Å². The van der Waals surface area contributed by atoms with Gasteiger partial charge in [0.25, 0.3) is 0 Å². The van der Waals surface area contributed by atoms with Crippen LogP contribution in [-0.2, 0) is 6.42 Å². The molecular formula is C14H16IN3S. The molecule has 1 aromatic heterocycles. The van der Waals surface area contributed by atoms with Crippen molar-refractivity contribution in [1.82, 2.24) is 15.5 Å². The first-order valence-electron chi connectivity index (χ1n) is 6.63. The summed E-state index contributed by atoms with van der Waals surface area (Å²) < 4.78 is 1.24. The standard InChI is InChI=1S/C14H16IN3S/c15-11-4-1-3-10(9-11)14-18-17-13(19-14)5-2-8-16-12-6-7-12/h1,3-4,9,12,16H,2,5-8H2. The van der Waals surface area contributed by atoms with Crippen molar-refractivity contribution < 1.29 is 0 Å². The predicted molar refractivity (Wildman–Crippen MR) is 87.4 cm³/mol. The van der Waals surface area contributed by atoms with E-state index in [0.29, 0.717) is 0 Å². The van der Waals surface area contributed by atoms with Crippen molar-refractivity contribution in [2.24, 2.45) is 0 Å². The third-order valence-electron chi connectivity index (χ3n) is 3.12. The molecule has 5 heteroatoms. The maximum absolute atomic E-state index is 4.30. The quantitative estimate of drug-likeness (QED) is 0.611. The zero-order valence-electron chi connectivity index (χ0n) is 10.6. The normalized spacial score (nSPS) is 14.8. The summed E-state index contributed by atoms with van der Waals surface area (Å²) in [4.78, 5) is 0. The van der Waals surface area contributed by atoms with E-state index in [4.69, 9.17) is 0 Å². The van der Waals surface area contributed by atoms with Crippen LogP contribution in [0.5, 0.6) is 0 Å². The Balaban J connectivity index is 1.56. The molecule has 1 aliphatic carbocycles. The van der Waals surface area contributed by atoms with Gasteiger partial charge in [-0.3, -0.25) is 0 Å². The summed E-state index contributed by atoms with van der Waals surface area (Å²) in [5, 5.41) is 14.3. The number of nitrogens with one attached hydrogen (secondary N) is 1. The highest BCUT2D eigenvalue weighted by molar-refractivity contribution is 14.1. The lowest BCUT2D eigenvalue weighted by atomic mass is 10.2. The third-order valence-corrected chi connectivity index (χ3v) is 4.82. The molecule has 1 heterocycles. The fourth-order valence-corrected chi connectivity index (χ4v) is 3.35. The number of nitrogens with zero attached hydrogens (tertiary/aromatic N) is 2. The highest BCUT2D eigenvalue weighted by Crippen LogP contribution is 2.25. The number of aromatic nitrogens is 2.